The van der Waals surface area contributed by atoms with Gasteiger partial charge in [0.2, 0.25) is 5.91 Å². The number of methoxy groups -OCH3 is 1. The molecule has 0 aliphatic heterocycles. The lowest BCUT2D eigenvalue weighted by Crippen LogP contribution is -2.32. The molecule has 0 unspecified atom stereocenters. The molecule has 0 radical (unpaired) electrons. The standard InChI is InChI=1S/C23H27N3O3S2/c1-23(2,3)20-19(22(24)31-21(20)16-9-6-10-30-16)14-7-5-8-15(11-14)26-17(27)12-25-13-18(28)29-4/h5-11,25H,12-13,24H2,1-4H3,(H,26,27). The van der Waals surface area contributed by atoms with E-state index in [2.05, 4.69) is 47.6 Å². The Morgan fingerprint density at radius 3 is 2.55 bits per heavy atom. The molecule has 0 saturated heterocycles. The van der Waals surface area contributed by atoms with Crippen LogP contribution >= 0.6 is 22.7 Å². The summed E-state index contributed by atoms with van der Waals surface area (Å²) in [6.07, 6.45) is 0. The van der Waals surface area contributed by atoms with Crippen molar-refractivity contribution in [2.45, 2.75) is 26.2 Å². The fourth-order valence-corrected chi connectivity index (χ4v) is 5.50. The van der Waals surface area contributed by atoms with Gasteiger partial charge in [0.25, 0.3) is 0 Å². The summed E-state index contributed by atoms with van der Waals surface area (Å²) in [5.41, 5.74) is 10.3. The lowest BCUT2D eigenvalue weighted by Gasteiger charge is -2.22. The summed E-state index contributed by atoms with van der Waals surface area (Å²) in [5, 5.41) is 8.45. The number of esters is 1. The van der Waals surface area contributed by atoms with Gasteiger partial charge >= 0.3 is 5.97 Å². The Balaban J connectivity index is 1.89. The van der Waals surface area contributed by atoms with Crippen LogP contribution in [0.25, 0.3) is 20.9 Å². The average molecular weight is 458 g/mol. The van der Waals surface area contributed by atoms with E-state index in [1.54, 1.807) is 22.7 Å². The van der Waals surface area contributed by atoms with Gasteiger partial charge in [-0.3, -0.25) is 14.9 Å². The first kappa shape index (κ1) is 23.0. The zero-order valence-electron chi connectivity index (χ0n) is 18.1. The van der Waals surface area contributed by atoms with Gasteiger partial charge in [0.1, 0.15) is 0 Å². The second-order valence-electron chi connectivity index (χ2n) is 8.08. The molecule has 0 atom stereocenters. The number of hydrogen-bond donors (Lipinski definition) is 3. The molecule has 164 valence electrons. The van der Waals surface area contributed by atoms with Crippen molar-refractivity contribution in [1.29, 1.82) is 0 Å². The van der Waals surface area contributed by atoms with Crippen LogP contribution in [0.4, 0.5) is 10.7 Å². The Labute approximate surface area is 190 Å². The smallest absolute Gasteiger partial charge is 0.319 e. The molecule has 0 bridgehead atoms. The highest BCUT2D eigenvalue weighted by molar-refractivity contribution is 7.24. The maximum Gasteiger partial charge on any atom is 0.319 e. The second kappa shape index (κ2) is 9.64. The predicted molar refractivity (Wildman–Crippen MR) is 130 cm³/mol. The number of anilines is 2. The third kappa shape index (κ3) is 5.52. The number of amides is 1. The summed E-state index contributed by atoms with van der Waals surface area (Å²) in [7, 11) is 1.31. The Morgan fingerprint density at radius 1 is 1.13 bits per heavy atom. The van der Waals surface area contributed by atoms with E-state index in [-0.39, 0.29) is 24.4 Å². The third-order valence-electron chi connectivity index (χ3n) is 4.65. The molecule has 4 N–H and O–H groups in total. The van der Waals surface area contributed by atoms with Crippen LogP contribution in [0.1, 0.15) is 26.3 Å². The highest BCUT2D eigenvalue weighted by Gasteiger charge is 2.28. The van der Waals surface area contributed by atoms with Crippen LogP contribution in [0.3, 0.4) is 0 Å². The van der Waals surface area contributed by atoms with E-state index in [1.165, 1.54) is 22.4 Å². The van der Waals surface area contributed by atoms with Crippen LogP contribution in [0.15, 0.2) is 41.8 Å². The van der Waals surface area contributed by atoms with Crippen molar-refractivity contribution in [3.63, 3.8) is 0 Å². The van der Waals surface area contributed by atoms with Crippen LogP contribution < -0.4 is 16.4 Å². The van der Waals surface area contributed by atoms with Gasteiger partial charge in [0, 0.05) is 16.1 Å². The molecular weight excluding hydrogens is 430 g/mol. The number of nitrogen functional groups attached to an aromatic ring is 1. The van der Waals surface area contributed by atoms with Gasteiger partial charge in [0.05, 0.1) is 30.1 Å². The minimum atomic E-state index is -0.418. The highest BCUT2D eigenvalue weighted by atomic mass is 32.1. The summed E-state index contributed by atoms with van der Waals surface area (Å²) < 4.78 is 4.55. The molecule has 0 fully saturated rings. The van der Waals surface area contributed by atoms with E-state index in [0.29, 0.717) is 5.69 Å². The minimum absolute atomic E-state index is 0.00961. The maximum atomic E-state index is 12.2. The molecule has 0 saturated carbocycles. The SMILES string of the molecule is COC(=O)CNCC(=O)Nc1cccc(-c2c(N)sc(-c3cccs3)c2C(C)(C)C)c1. The third-order valence-corrected chi connectivity index (χ3v) is 6.72. The quantitative estimate of drug-likeness (QED) is 0.446. The molecule has 3 rings (SSSR count). The normalized spacial score (nSPS) is 11.4. The predicted octanol–water partition coefficient (Wildman–Crippen LogP) is 4.72. The zero-order valence-corrected chi connectivity index (χ0v) is 19.7. The molecule has 6 nitrogen and oxygen atoms in total. The molecule has 3 aromatic rings. The number of hydrogen-bond acceptors (Lipinski definition) is 7. The molecule has 1 amide bonds. The van der Waals surface area contributed by atoms with E-state index in [1.807, 2.05) is 30.3 Å². The van der Waals surface area contributed by atoms with E-state index < -0.39 is 5.97 Å². The van der Waals surface area contributed by atoms with Crippen molar-refractivity contribution in [2.24, 2.45) is 0 Å². The zero-order chi connectivity index (χ0) is 22.6. The van der Waals surface area contributed by atoms with Crippen molar-refractivity contribution in [2.75, 3.05) is 31.2 Å². The summed E-state index contributed by atoms with van der Waals surface area (Å²) in [6.45, 7) is 6.56. The van der Waals surface area contributed by atoms with Gasteiger partial charge in [-0.1, -0.05) is 39.0 Å². The van der Waals surface area contributed by atoms with E-state index in [9.17, 15) is 9.59 Å². The average Bonchev–Trinajstić information content (AvgIpc) is 3.35. The molecule has 31 heavy (non-hydrogen) atoms. The lowest BCUT2D eigenvalue weighted by atomic mass is 9.82. The molecule has 0 aliphatic carbocycles. The van der Waals surface area contributed by atoms with Crippen LogP contribution in [-0.4, -0.2) is 32.1 Å². The fraction of sp³-hybridized carbons (Fsp3) is 0.304. The Kier molecular flexibility index (Phi) is 7.15. The lowest BCUT2D eigenvalue weighted by molar-refractivity contribution is -0.139. The van der Waals surface area contributed by atoms with Gasteiger partial charge in [-0.05, 0) is 40.1 Å². The summed E-state index contributed by atoms with van der Waals surface area (Å²) in [4.78, 5) is 25.8. The molecular formula is C23H27N3O3S2. The van der Waals surface area contributed by atoms with Crippen molar-refractivity contribution in [3.05, 3.63) is 47.3 Å². The monoisotopic (exact) mass is 457 g/mol. The first-order valence-electron chi connectivity index (χ1n) is 9.85. The van der Waals surface area contributed by atoms with Gasteiger partial charge in [0.15, 0.2) is 0 Å². The molecule has 2 heterocycles. The molecule has 1 aromatic carbocycles. The largest absolute Gasteiger partial charge is 0.468 e. The fourth-order valence-electron chi connectivity index (χ4n) is 3.34. The minimum Gasteiger partial charge on any atom is -0.468 e. The van der Waals surface area contributed by atoms with Gasteiger partial charge in [-0.2, -0.15) is 0 Å². The van der Waals surface area contributed by atoms with Crippen molar-refractivity contribution < 1.29 is 14.3 Å². The first-order valence-corrected chi connectivity index (χ1v) is 11.5. The van der Waals surface area contributed by atoms with Gasteiger partial charge < -0.3 is 15.8 Å². The van der Waals surface area contributed by atoms with Crippen LogP contribution in [-0.2, 0) is 19.7 Å². The van der Waals surface area contributed by atoms with E-state index >= 15 is 0 Å². The summed E-state index contributed by atoms with van der Waals surface area (Å²) in [5.74, 6) is -0.659. The summed E-state index contributed by atoms with van der Waals surface area (Å²) >= 11 is 3.31. The highest BCUT2D eigenvalue weighted by Crippen LogP contribution is 2.50. The Hall–Kier alpha value is -2.68. The summed E-state index contributed by atoms with van der Waals surface area (Å²) in [6, 6.07) is 11.9. The van der Waals surface area contributed by atoms with E-state index in [4.69, 9.17) is 5.73 Å². The Morgan fingerprint density at radius 2 is 1.90 bits per heavy atom. The second-order valence-corrected chi connectivity index (χ2v) is 10.1. The number of carbonyl (C=O) groups excluding carboxylic acids is 2. The number of benzene rings is 1. The number of thiophene rings is 2. The number of nitrogens with two attached hydrogens (primary N) is 1. The van der Waals surface area contributed by atoms with E-state index in [0.717, 1.165) is 16.1 Å². The number of nitrogens with one attached hydrogen (secondary N) is 2. The van der Waals surface area contributed by atoms with Gasteiger partial charge in [-0.15, -0.1) is 22.7 Å². The van der Waals surface area contributed by atoms with Crippen molar-refractivity contribution in [3.8, 4) is 20.9 Å². The van der Waals surface area contributed by atoms with Crippen LogP contribution in [0.2, 0.25) is 0 Å². The number of rotatable bonds is 7. The van der Waals surface area contributed by atoms with Crippen molar-refractivity contribution in [1.82, 2.24) is 5.32 Å². The maximum absolute atomic E-state index is 12.2. The van der Waals surface area contributed by atoms with Crippen LogP contribution in [0.5, 0.6) is 0 Å². The van der Waals surface area contributed by atoms with Gasteiger partial charge in [-0.25, -0.2) is 0 Å². The number of ether oxygens (including phenoxy) is 1. The number of carbonyl (C=O) groups is 2. The molecule has 0 aliphatic rings. The molecule has 0 spiro atoms. The molecule has 8 heteroatoms. The molecule has 2 aromatic heterocycles. The Bertz CT molecular complexity index is 1070. The van der Waals surface area contributed by atoms with Crippen molar-refractivity contribution >= 4 is 45.2 Å². The first-order chi connectivity index (χ1) is 14.7. The topological polar surface area (TPSA) is 93.4 Å². The van der Waals surface area contributed by atoms with Crippen LogP contribution in [0, 0.1) is 0 Å².